The number of nitrogens with one attached hydrogen (secondary N) is 1. The second-order valence-electron chi connectivity index (χ2n) is 5.73. The summed E-state index contributed by atoms with van der Waals surface area (Å²) < 4.78 is 27.8. The van der Waals surface area contributed by atoms with Gasteiger partial charge in [0.2, 0.25) is 0 Å². The predicted octanol–water partition coefficient (Wildman–Crippen LogP) is -0.0322. The molecule has 1 aromatic heterocycles. The first-order chi connectivity index (χ1) is 9.57. The number of hydrogen-bond acceptors (Lipinski definition) is 5. The van der Waals surface area contributed by atoms with Gasteiger partial charge in [0.25, 0.3) is 10.0 Å². The van der Waals surface area contributed by atoms with Crippen LogP contribution in [0.3, 0.4) is 0 Å². The minimum absolute atomic E-state index is 0.168. The maximum atomic E-state index is 12.5. The van der Waals surface area contributed by atoms with Crippen molar-refractivity contribution in [1.82, 2.24) is 24.6 Å². The second-order valence-corrected chi connectivity index (χ2v) is 7.61. The third-order valence-electron chi connectivity index (χ3n) is 4.12. The average Bonchev–Trinajstić information content (AvgIpc) is 3.17. The zero-order valence-corrected chi connectivity index (χ0v) is 12.5. The molecule has 1 saturated carbocycles. The van der Waals surface area contributed by atoms with Gasteiger partial charge in [0.15, 0.2) is 5.03 Å². The van der Waals surface area contributed by atoms with Crippen LogP contribution < -0.4 is 5.32 Å². The molecule has 0 amide bonds. The van der Waals surface area contributed by atoms with Crippen molar-refractivity contribution in [2.24, 2.45) is 13.0 Å². The fourth-order valence-electron chi connectivity index (χ4n) is 2.60. The average molecular weight is 299 g/mol. The van der Waals surface area contributed by atoms with Crippen molar-refractivity contribution in [2.45, 2.75) is 36.8 Å². The molecule has 1 aliphatic heterocycles. The molecule has 8 heteroatoms. The summed E-state index contributed by atoms with van der Waals surface area (Å²) in [7, 11) is -1.85. The Kier molecular flexibility index (Phi) is 3.78. The van der Waals surface area contributed by atoms with Gasteiger partial charge < -0.3 is 5.32 Å². The first-order valence-electron chi connectivity index (χ1n) is 7.15. The molecule has 0 aromatic carbocycles. The maximum absolute atomic E-state index is 12.5. The molecule has 2 fully saturated rings. The van der Waals surface area contributed by atoms with Crippen LogP contribution in [0.15, 0.2) is 11.2 Å². The molecule has 2 aliphatic rings. The monoisotopic (exact) mass is 299 g/mol. The Labute approximate surface area is 119 Å². The van der Waals surface area contributed by atoms with E-state index in [9.17, 15) is 8.42 Å². The minimum atomic E-state index is -3.45. The van der Waals surface area contributed by atoms with Gasteiger partial charge in [-0.05, 0) is 38.1 Å². The van der Waals surface area contributed by atoms with Crippen molar-refractivity contribution in [3.05, 3.63) is 6.20 Å². The summed E-state index contributed by atoms with van der Waals surface area (Å²) >= 11 is 0. The van der Waals surface area contributed by atoms with Gasteiger partial charge in [-0.2, -0.15) is 4.31 Å². The van der Waals surface area contributed by atoms with Crippen molar-refractivity contribution in [2.75, 3.05) is 19.6 Å². The van der Waals surface area contributed by atoms with Crippen LogP contribution in [0.25, 0.3) is 0 Å². The molecule has 0 unspecified atom stereocenters. The molecule has 0 atom stereocenters. The van der Waals surface area contributed by atoms with Crippen LogP contribution in [0.1, 0.15) is 25.7 Å². The van der Waals surface area contributed by atoms with Gasteiger partial charge in [0.1, 0.15) is 0 Å². The number of nitrogens with zero attached hydrogens (tertiary/aromatic N) is 4. The first-order valence-corrected chi connectivity index (χ1v) is 8.59. The first kappa shape index (κ1) is 14.0. The van der Waals surface area contributed by atoms with Gasteiger partial charge in [-0.3, -0.25) is 0 Å². The van der Waals surface area contributed by atoms with Gasteiger partial charge in [-0.15, -0.1) is 5.10 Å². The Morgan fingerprint density at radius 3 is 2.55 bits per heavy atom. The molecule has 1 aliphatic carbocycles. The molecule has 20 heavy (non-hydrogen) atoms. The standard InChI is InChI=1S/C12H21N5O2S/c1-16-12(9-14-15-16)20(18,19)17-6-4-11(5-7-17)13-8-10-2-3-10/h9-11,13H,2-8H2,1H3. The Bertz CT molecular complexity index is 558. The number of aromatic nitrogens is 3. The number of hydrogen-bond donors (Lipinski definition) is 1. The fourth-order valence-corrected chi connectivity index (χ4v) is 4.11. The summed E-state index contributed by atoms with van der Waals surface area (Å²) in [5.74, 6) is 0.859. The highest BCUT2D eigenvalue weighted by Crippen LogP contribution is 2.28. The topological polar surface area (TPSA) is 80.1 Å². The van der Waals surface area contributed by atoms with Crippen molar-refractivity contribution < 1.29 is 8.42 Å². The van der Waals surface area contributed by atoms with E-state index in [-0.39, 0.29) is 5.03 Å². The minimum Gasteiger partial charge on any atom is -0.314 e. The smallest absolute Gasteiger partial charge is 0.261 e. The van der Waals surface area contributed by atoms with Crippen molar-refractivity contribution in [1.29, 1.82) is 0 Å². The van der Waals surface area contributed by atoms with Crippen LogP contribution in [-0.2, 0) is 17.1 Å². The lowest BCUT2D eigenvalue weighted by atomic mass is 10.1. The number of piperidine rings is 1. The third kappa shape index (κ3) is 2.87. The van der Waals surface area contributed by atoms with E-state index in [1.807, 2.05) is 0 Å². The van der Waals surface area contributed by atoms with Gasteiger partial charge in [0.05, 0.1) is 6.20 Å². The van der Waals surface area contributed by atoms with E-state index in [0.717, 1.165) is 25.3 Å². The Morgan fingerprint density at radius 1 is 1.30 bits per heavy atom. The fraction of sp³-hybridized carbons (Fsp3) is 0.833. The summed E-state index contributed by atoms with van der Waals surface area (Å²) in [4.78, 5) is 0. The highest BCUT2D eigenvalue weighted by molar-refractivity contribution is 7.89. The summed E-state index contributed by atoms with van der Waals surface area (Å²) in [5, 5.41) is 11.1. The molecule has 2 heterocycles. The summed E-state index contributed by atoms with van der Waals surface area (Å²) in [6, 6.07) is 0.451. The third-order valence-corrected chi connectivity index (χ3v) is 6.07. The normalized spacial score (nSPS) is 22.2. The van der Waals surface area contributed by atoms with Gasteiger partial charge >= 0.3 is 0 Å². The molecular formula is C12H21N5O2S. The quantitative estimate of drug-likeness (QED) is 0.826. The predicted molar refractivity (Wildman–Crippen MR) is 73.5 cm³/mol. The van der Waals surface area contributed by atoms with Gasteiger partial charge in [-0.25, -0.2) is 13.1 Å². The summed E-state index contributed by atoms with van der Waals surface area (Å²) in [5.41, 5.74) is 0. The molecule has 112 valence electrons. The SMILES string of the molecule is Cn1nncc1S(=O)(=O)N1CCC(NCC2CC2)CC1. The molecule has 3 rings (SSSR count). The molecule has 1 aromatic rings. The lowest BCUT2D eigenvalue weighted by Crippen LogP contribution is -2.45. The Balaban J connectivity index is 1.58. The van der Waals surface area contributed by atoms with Crippen LogP contribution in [0.2, 0.25) is 0 Å². The van der Waals surface area contributed by atoms with Crippen LogP contribution >= 0.6 is 0 Å². The molecule has 7 nitrogen and oxygen atoms in total. The van der Waals surface area contributed by atoms with Crippen LogP contribution in [0.5, 0.6) is 0 Å². The van der Waals surface area contributed by atoms with E-state index in [1.54, 1.807) is 11.4 Å². The van der Waals surface area contributed by atoms with E-state index >= 15 is 0 Å². The van der Waals surface area contributed by atoms with E-state index in [2.05, 4.69) is 15.6 Å². The highest BCUT2D eigenvalue weighted by Gasteiger charge is 2.32. The van der Waals surface area contributed by atoms with E-state index in [1.165, 1.54) is 23.7 Å². The maximum Gasteiger partial charge on any atom is 0.261 e. The number of sulfonamides is 1. The molecular weight excluding hydrogens is 278 g/mol. The molecule has 0 spiro atoms. The lowest BCUT2D eigenvalue weighted by molar-refractivity contribution is 0.286. The molecule has 0 radical (unpaired) electrons. The molecule has 1 N–H and O–H groups in total. The van der Waals surface area contributed by atoms with Crippen molar-refractivity contribution >= 4 is 10.0 Å². The van der Waals surface area contributed by atoms with Crippen LogP contribution in [0.4, 0.5) is 0 Å². The Morgan fingerprint density at radius 2 is 2.00 bits per heavy atom. The van der Waals surface area contributed by atoms with E-state index < -0.39 is 10.0 Å². The number of aryl methyl sites for hydroxylation is 1. The highest BCUT2D eigenvalue weighted by atomic mass is 32.2. The van der Waals surface area contributed by atoms with Gasteiger partial charge in [-0.1, -0.05) is 5.21 Å². The van der Waals surface area contributed by atoms with Crippen LogP contribution in [-0.4, -0.2) is 53.4 Å². The largest absolute Gasteiger partial charge is 0.314 e. The Hall–Kier alpha value is -0.990. The molecule has 1 saturated heterocycles. The van der Waals surface area contributed by atoms with Crippen molar-refractivity contribution in [3.63, 3.8) is 0 Å². The van der Waals surface area contributed by atoms with Gasteiger partial charge in [0, 0.05) is 26.2 Å². The number of rotatable bonds is 5. The van der Waals surface area contributed by atoms with E-state index in [0.29, 0.717) is 19.1 Å². The van der Waals surface area contributed by atoms with E-state index in [4.69, 9.17) is 0 Å². The molecule has 0 bridgehead atoms. The zero-order valence-electron chi connectivity index (χ0n) is 11.7. The van der Waals surface area contributed by atoms with Crippen molar-refractivity contribution in [3.8, 4) is 0 Å². The summed E-state index contributed by atoms with van der Waals surface area (Å²) in [6.45, 7) is 2.22. The van der Waals surface area contributed by atoms with Crippen LogP contribution in [0, 0.1) is 5.92 Å². The summed E-state index contributed by atoms with van der Waals surface area (Å²) in [6.07, 6.45) is 5.74. The second kappa shape index (κ2) is 5.42. The zero-order chi connectivity index (χ0) is 14.2. The lowest BCUT2D eigenvalue weighted by Gasteiger charge is -2.31.